The summed E-state index contributed by atoms with van der Waals surface area (Å²) in [6, 6.07) is 20.1. The van der Waals surface area contributed by atoms with E-state index >= 15 is 0 Å². The molecule has 0 saturated carbocycles. The van der Waals surface area contributed by atoms with Gasteiger partial charge in [-0.1, -0.05) is 56.6 Å². The zero-order chi connectivity index (χ0) is 20.1. The van der Waals surface area contributed by atoms with Gasteiger partial charge in [0.2, 0.25) is 0 Å². The van der Waals surface area contributed by atoms with Gasteiger partial charge in [-0.15, -0.1) is 0 Å². The van der Waals surface area contributed by atoms with E-state index in [1.807, 2.05) is 36.4 Å². The van der Waals surface area contributed by atoms with Gasteiger partial charge < -0.3 is 14.6 Å². The Morgan fingerprint density at radius 3 is 2.25 bits per heavy atom. The average Bonchev–Trinajstić information content (AvgIpc) is 3.16. The number of nitrogens with one attached hydrogen (secondary N) is 1. The van der Waals surface area contributed by atoms with Gasteiger partial charge in [-0.25, -0.2) is 0 Å². The van der Waals surface area contributed by atoms with Crippen LogP contribution in [0.4, 0.5) is 5.69 Å². The maximum Gasteiger partial charge on any atom is 0.174 e. The minimum atomic E-state index is 0.137. The van der Waals surface area contributed by atoms with E-state index in [2.05, 4.69) is 55.3 Å². The molecule has 0 amide bonds. The maximum absolute atomic E-state index is 5.97. The predicted molar refractivity (Wildman–Crippen MR) is 121 cm³/mol. The number of anilines is 1. The number of hydrogen-bond acceptors (Lipinski definition) is 2. The number of hydrogen-bond donors (Lipinski definition) is 1. The fraction of sp³-hybridized carbons (Fsp3) is 0.261. The summed E-state index contributed by atoms with van der Waals surface area (Å²) in [4.78, 5) is 2.09. The van der Waals surface area contributed by atoms with Crippen LogP contribution >= 0.6 is 23.8 Å². The van der Waals surface area contributed by atoms with Crippen molar-refractivity contribution in [1.29, 1.82) is 0 Å². The lowest BCUT2D eigenvalue weighted by Gasteiger charge is -2.26. The van der Waals surface area contributed by atoms with Crippen molar-refractivity contribution in [3.8, 4) is 0 Å². The second-order valence-corrected chi connectivity index (χ2v) is 8.64. The van der Waals surface area contributed by atoms with Crippen LogP contribution in [0, 0.1) is 0 Å². The third kappa shape index (κ3) is 5.60. The van der Waals surface area contributed by atoms with Gasteiger partial charge in [0.25, 0.3) is 0 Å². The molecule has 1 heterocycles. The molecule has 0 aliphatic rings. The number of halogens is 1. The highest BCUT2D eigenvalue weighted by molar-refractivity contribution is 7.80. The zero-order valence-electron chi connectivity index (χ0n) is 16.4. The van der Waals surface area contributed by atoms with E-state index in [4.69, 9.17) is 28.2 Å². The molecule has 2 aromatic carbocycles. The van der Waals surface area contributed by atoms with Gasteiger partial charge in [0.05, 0.1) is 12.8 Å². The Bertz CT molecular complexity index is 897. The number of rotatable bonds is 5. The number of benzene rings is 2. The van der Waals surface area contributed by atoms with E-state index < -0.39 is 0 Å². The van der Waals surface area contributed by atoms with Gasteiger partial charge in [0.15, 0.2) is 5.11 Å². The minimum Gasteiger partial charge on any atom is -0.467 e. The van der Waals surface area contributed by atoms with Crippen molar-refractivity contribution in [2.45, 2.75) is 39.3 Å². The van der Waals surface area contributed by atoms with Gasteiger partial charge in [-0.2, -0.15) is 0 Å². The normalized spacial score (nSPS) is 11.3. The van der Waals surface area contributed by atoms with Crippen molar-refractivity contribution >= 4 is 34.6 Å². The van der Waals surface area contributed by atoms with Gasteiger partial charge in [0, 0.05) is 17.3 Å². The lowest BCUT2D eigenvalue weighted by Crippen LogP contribution is -2.33. The van der Waals surface area contributed by atoms with Crippen LogP contribution in [0.15, 0.2) is 71.3 Å². The van der Waals surface area contributed by atoms with E-state index in [-0.39, 0.29) is 5.41 Å². The molecule has 1 N–H and O–H groups in total. The molecule has 146 valence electrons. The molecule has 0 unspecified atom stereocenters. The quantitative estimate of drug-likeness (QED) is 0.476. The Labute approximate surface area is 177 Å². The highest BCUT2D eigenvalue weighted by Gasteiger charge is 2.16. The number of furan rings is 1. The topological polar surface area (TPSA) is 28.4 Å². The van der Waals surface area contributed by atoms with Crippen LogP contribution in [-0.4, -0.2) is 10.0 Å². The monoisotopic (exact) mass is 412 g/mol. The Morgan fingerprint density at radius 2 is 1.68 bits per heavy atom. The zero-order valence-corrected chi connectivity index (χ0v) is 18.0. The van der Waals surface area contributed by atoms with E-state index in [0.717, 1.165) is 11.4 Å². The molecule has 0 aliphatic carbocycles. The summed E-state index contributed by atoms with van der Waals surface area (Å²) >= 11 is 11.7. The largest absolute Gasteiger partial charge is 0.467 e. The van der Waals surface area contributed by atoms with Crippen LogP contribution in [-0.2, 0) is 18.5 Å². The van der Waals surface area contributed by atoms with Crippen molar-refractivity contribution in [1.82, 2.24) is 4.90 Å². The maximum atomic E-state index is 5.97. The van der Waals surface area contributed by atoms with Gasteiger partial charge >= 0.3 is 0 Å². The molecule has 3 nitrogen and oxygen atoms in total. The standard InChI is InChI=1S/C23H25ClN2OS/c1-23(2,3)18-8-6-17(7-9-18)15-26(16-21-5-4-14-27-21)22(28)25-20-12-10-19(24)11-13-20/h4-14H,15-16H2,1-3H3,(H,25,28). The molecule has 0 atom stereocenters. The Morgan fingerprint density at radius 1 is 1.00 bits per heavy atom. The first-order chi connectivity index (χ1) is 13.3. The first-order valence-corrected chi connectivity index (χ1v) is 10.0. The first-order valence-electron chi connectivity index (χ1n) is 9.24. The van der Waals surface area contributed by atoms with Gasteiger partial charge in [-0.05, 0) is 65.2 Å². The fourth-order valence-corrected chi connectivity index (χ4v) is 3.23. The van der Waals surface area contributed by atoms with Crippen molar-refractivity contribution in [3.63, 3.8) is 0 Å². The number of nitrogens with zero attached hydrogens (tertiary/aromatic N) is 1. The Balaban J connectivity index is 1.76. The summed E-state index contributed by atoms with van der Waals surface area (Å²) in [5, 5.41) is 4.63. The van der Waals surface area contributed by atoms with Crippen LogP contribution in [0.25, 0.3) is 0 Å². The summed E-state index contributed by atoms with van der Waals surface area (Å²) in [5.41, 5.74) is 3.55. The van der Waals surface area contributed by atoms with Crippen LogP contribution in [0.3, 0.4) is 0 Å². The van der Waals surface area contributed by atoms with Crippen molar-refractivity contribution < 1.29 is 4.42 Å². The van der Waals surface area contributed by atoms with Crippen LogP contribution in [0.1, 0.15) is 37.7 Å². The summed E-state index contributed by atoms with van der Waals surface area (Å²) in [6.45, 7) is 7.93. The summed E-state index contributed by atoms with van der Waals surface area (Å²) in [5.74, 6) is 0.867. The molecule has 3 rings (SSSR count). The molecule has 0 radical (unpaired) electrons. The third-order valence-electron chi connectivity index (χ3n) is 4.50. The second-order valence-electron chi connectivity index (χ2n) is 7.82. The highest BCUT2D eigenvalue weighted by Crippen LogP contribution is 2.23. The molecule has 0 spiro atoms. The Hall–Kier alpha value is -2.30. The number of thiocarbonyl (C=S) groups is 1. The van der Waals surface area contributed by atoms with E-state index in [1.165, 1.54) is 11.1 Å². The molecule has 5 heteroatoms. The molecular formula is C23H25ClN2OS. The van der Waals surface area contributed by atoms with E-state index in [0.29, 0.717) is 23.2 Å². The smallest absolute Gasteiger partial charge is 0.174 e. The average molecular weight is 413 g/mol. The lowest BCUT2D eigenvalue weighted by atomic mass is 9.87. The SMILES string of the molecule is CC(C)(C)c1ccc(CN(Cc2ccco2)C(=S)Nc2ccc(Cl)cc2)cc1. The summed E-state index contributed by atoms with van der Waals surface area (Å²) in [7, 11) is 0. The van der Waals surface area contributed by atoms with Crippen LogP contribution in [0.2, 0.25) is 5.02 Å². The van der Waals surface area contributed by atoms with Crippen LogP contribution < -0.4 is 5.32 Å². The van der Waals surface area contributed by atoms with Crippen LogP contribution in [0.5, 0.6) is 0 Å². The molecule has 28 heavy (non-hydrogen) atoms. The van der Waals surface area contributed by atoms with Crippen molar-refractivity contribution in [2.24, 2.45) is 0 Å². The van der Waals surface area contributed by atoms with Crippen molar-refractivity contribution in [2.75, 3.05) is 5.32 Å². The van der Waals surface area contributed by atoms with Gasteiger partial charge in [-0.3, -0.25) is 0 Å². The molecule has 3 aromatic rings. The predicted octanol–water partition coefficient (Wildman–Crippen LogP) is 6.63. The molecule has 0 saturated heterocycles. The highest BCUT2D eigenvalue weighted by atomic mass is 35.5. The molecule has 0 bridgehead atoms. The van der Waals surface area contributed by atoms with E-state index in [9.17, 15) is 0 Å². The minimum absolute atomic E-state index is 0.137. The van der Waals surface area contributed by atoms with Gasteiger partial charge in [0.1, 0.15) is 5.76 Å². The first kappa shape index (κ1) is 20.4. The lowest BCUT2D eigenvalue weighted by molar-refractivity contribution is 0.360. The fourth-order valence-electron chi connectivity index (χ4n) is 2.86. The molecule has 0 aliphatic heterocycles. The van der Waals surface area contributed by atoms with E-state index in [1.54, 1.807) is 6.26 Å². The molecule has 0 fully saturated rings. The van der Waals surface area contributed by atoms with Crippen molar-refractivity contribution in [3.05, 3.63) is 88.8 Å². The molecular weight excluding hydrogens is 388 g/mol. The third-order valence-corrected chi connectivity index (χ3v) is 5.12. The summed E-state index contributed by atoms with van der Waals surface area (Å²) < 4.78 is 5.54. The molecule has 1 aromatic heterocycles. The Kier molecular flexibility index (Phi) is 6.42. The summed E-state index contributed by atoms with van der Waals surface area (Å²) in [6.07, 6.45) is 1.68. The second kappa shape index (κ2) is 8.80.